The number of aryl methyl sites for hydroxylation is 2. The number of pyridine rings is 2. The van der Waals surface area contributed by atoms with Gasteiger partial charge in [-0.15, -0.1) is 5.10 Å². The number of carbonyl (C=O) groups excluding carboxylic acids is 1. The highest BCUT2D eigenvalue weighted by Gasteiger charge is 2.16. The van der Waals surface area contributed by atoms with Gasteiger partial charge in [0.1, 0.15) is 17.2 Å². The van der Waals surface area contributed by atoms with Gasteiger partial charge in [0.15, 0.2) is 0 Å². The van der Waals surface area contributed by atoms with E-state index >= 15 is 0 Å². The van der Waals surface area contributed by atoms with Crippen molar-refractivity contribution >= 4 is 11.7 Å². The SMILES string of the molecule is Cc1cnc(C(=O)Nc2cccc(-c3nnnn3C(C)C)n2)cc1-c1cnn(C)c1. The Kier molecular flexibility index (Phi) is 5.05. The summed E-state index contributed by atoms with van der Waals surface area (Å²) in [5.74, 6) is 0.572. The Morgan fingerprint density at radius 2 is 2.03 bits per heavy atom. The van der Waals surface area contributed by atoms with E-state index in [4.69, 9.17) is 0 Å². The highest BCUT2D eigenvalue weighted by molar-refractivity contribution is 6.03. The number of hydrogen-bond acceptors (Lipinski definition) is 7. The fourth-order valence-corrected chi connectivity index (χ4v) is 3.04. The Balaban J connectivity index is 1.60. The average Bonchev–Trinajstić information content (AvgIpc) is 3.38. The van der Waals surface area contributed by atoms with Crippen LogP contribution in [0.4, 0.5) is 5.82 Å². The molecular weight excluding hydrogens is 382 g/mol. The molecule has 4 aromatic rings. The quantitative estimate of drug-likeness (QED) is 0.544. The molecule has 0 unspecified atom stereocenters. The summed E-state index contributed by atoms with van der Waals surface area (Å²) in [7, 11) is 1.85. The smallest absolute Gasteiger partial charge is 0.275 e. The van der Waals surface area contributed by atoms with E-state index in [1.807, 2.05) is 34.0 Å². The topological polar surface area (TPSA) is 116 Å². The minimum absolute atomic E-state index is 0.0812. The maximum atomic E-state index is 12.8. The maximum absolute atomic E-state index is 12.8. The summed E-state index contributed by atoms with van der Waals surface area (Å²) in [6.07, 6.45) is 5.33. The molecule has 0 radical (unpaired) electrons. The number of aromatic nitrogens is 8. The molecule has 30 heavy (non-hydrogen) atoms. The summed E-state index contributed by atoms with van der Waals surface area (Å²) < 4.78 is 3.39. The molecule has 0 spiro atoms. The molecule has 0 atom stereocenters. The molecule has 0 saturated carbocycles. The lowest BCUT2D eigenvalue weighted by Crippen LogP contribution is -2.15. The third kappa shape index (κ3) is 3.79. The third-order valence-electron chi connectivity index (χ3n) is 4.55. The van der Waals surface area contributed by atoms with Crippen LogP contribution in [0.25, 0.3) is 22.6 Å². The molecule has 0 aliphatic heterocycles. The lowest BCUT2D eigenvalue weighted by molar-refractivity contribution is 0.102. The van der Waals surface area contributed by atoms with Crippen LogP contribution < -0.4 is 5.32 Å². The van der Waals surface area contributed by atoms with Crippen LogP contribution in [0.1, 0.15) is 35.9 Å². The molecule has 4 aromatic heterocycles. The first-order valence-electron chi connectivity index (χ1n) is 9.44. The molecule has 10 nitrogen and oxygen atoms in total. The van der Waals surface area contributed by atoms with E-state index in [0.29, 0.717) is 23.0 Å². The molecule has 152 valence electrons. The van der Waals surface area contributed by atoms with Crippen LogP contribution in [-0.4, -0.2) is 45.9 Å². The van der Waals surface area contributed by atoms with Crippen LogP contribution in [0.3, 0.4) is 0 Å². The van der Waals surface area contributed by atoms with Crippen molar-refractivity contribution in [2.75, 3.05) is 5.32 Å². The number of anilines is 1. The predicted molar refractivity (Wildman–Crippen MR) is 111 cm³/mol. The number of nitrogens with zero attached hydrogens (tertiary/aromatic N) is 8. The lowest BCUT2D eigenvalue weighted by Gasteiger charge is -2.10. The Morgan fingerprint density at radius 3 is 2.77 bits per heavy atom. The molecule has 0 aromatic carbocycles. The fraction of sp³-hybridized carbons (Fsp3) is 0.250. The summed E-state index contributed by atoms with van der Waals surface area (Å²) in [6, 6.07) is 7.13. The van der Waals surface area contributed by atoms with Gasteiger partial charge in [-0.25, -0.2) is 9.67 Å². The summed E-state index contributed by atoms with van der Waals surface area (Å²) in [5, 5.41) is 18.8. The molecule has 0 bridgehead atoms. The van der Waals surface area contributed by atoms with Gasteiger partial charge in [0, 0.05) is 25.0 Å². The Bertz CT molecular complexity index is 1210. The summed E-state index contributed by atoms with van der Waals surface area (Å²) in [6.45, 7) is 5.91. The lowest BCUT2D eigenvalue weighted by atomic mass is 10.0. The monoisotopic (exact) mass is 403 g/mol. The van der Waals surface area contributed by atoms with E-state index in [1.54, 1.807) is 46.0 Å². The van der Waals surface area contributed by atoms with Gasteiger partial charge in [-0.3, -0.25) is 14.5 Å². The zero-order valence-corrected chi connectivity index (χ0v) is 17.1. The molecule has 10 heteroatoms. The first kappa shape index (κ1) is 19.4. The molecule has 1 amide bonds. The average molecular weight is 403 g/mol. The molecule has 0 saturated heterocycles. The molecule has 0 aliphatic carbocycles. The Morgan fingerprint density at radius 1 is 1.20 bits per heavy atom. The summed E-state index contributed by atoms with van der Waals surface area (Å²) in [5.41, 5.74) is 3.64. The van der Waals surface area contributed by atoms with Crippen LogP contribution in [0.2, 0.25) is 0 Å². The fourth-order valence-electron chi connectivity index (χ4n) is 3.04. The van der Waals surface area contributed by atoms with Crippen molar-refractivity contribution in [1.82, 2.24) is 40.0 Å². The van der Waals surface area contributed by atoms with Crippen molar-refractivity contribution < 1.29 is 4.79 Å². The van der Waals surface area contributed by atoms with E-state index in [2.05, 4.69) is 35.9 Å². The van der Waals surface area contributed by atoms with Crippen molar-refractivity contribution in [2.45, 2.75) is 26.8 Å². The van der Waals surface area contributed by atoms with E-state index in [0.717, 1.165) is 16.7 Å². The van der Waals surface area contributed by atoms with E-state index < -0.39 is 0 Å². The zero-order chi connectivity index (χ0) is 21.3. The molecule has 0 fully saturated rings. The number of amides is 1. The highest BCUT2D eigenvalue weighted by Crippen LogP contribution is 2.23. The predicted octanol–water partition coefficient (Wildman–Crippen LogP) is 2.67. The molecular formula is C20H21N9O. The first-order valence-corrected chi connectivity index (χ1v) is 9.44. The van der Waals surface area contributed by atoms with Gasteiger partial charge in [-0.1, -0.05) is 6.07 Å². The molecule has 4 rings (SSSR count). The Hall–Kier alpha value is -3.95. The molecule has 0 aliphatic rings. The first-order chi connectivity index (χ1) is 14.4. The van der Waals surface area contributed by atoms with Gasteiger partial charge in [0.2, 0.25) is 5.82 Å². The zero-order valence-electron chi connectivity index (χ0n) is 17.1. The number of carbonyl (C=O) groups is 1. The van der Waals surface area contributed by atoms with E-state index in [-0.39, 0.29) is 11.9 Å². The van der Waals surface area contributed by atoms with Crippen molar-refractivity contribution in [1.29, 1.82) is 0 Å². The van der Waals surface area contributed by atoms with Gasteiger partial charge in [-0.05, 0) is 60.5 Å². The number of nitrogens with one attached hydrogen (secondary N) is 1. The second kappa shape index (κ2) is 7.82. The van der Waals surface area contributed by atoms with Crippen LogP contribution in [0, 0.1) is 6.92 Å². The van der Waals surface area contributed by atoms with E-state index in [9.17, 15) is 4.79 Å². The normalized spacial score (nSPS) is 11.1. The number of tetrazole rings is 1. The minimum atomic E-state index is -0.353. The van der Waals surface area contributed by atoms with Crippen LogP contribution in [0.5, 0.6) is 0 Å². The Labute approximate surface area is 173 Å². The van der Waals surface area contributed by atoms with Crippen LogP contribution in [0.15, 0.2) is 42.9 Å². The number of hydrogen-bond donors (Lipinski definition) is 1. The maximum Gasteiger partial charge on any atom is 0.275 e. The van der Waals surface area contributed by atoms with Gasteiger partial charge >= 0.3 is 0 Å². The third-order valence-corrected chi connectivity index (χ3v) is 4.55. The standard InChI is InChI=1S/C20H21N9O/c1-12(2)29-19(25-26-27-29)16-6-5-7-18(23-16)24-20(30)17-8-15(13(3)9-21-17)14-10-22-28(4)11-14/h5-12H,1-4H3,(H,23,24,30). The van der Waals surface area contributed by atoms with Gasteiger partial charge < -0.3 is 5.32 Å². The second-order valence-corrected chi connectivity index (χ2v) is 7.19. The van der Waals surface area contributed by atoms with Gasteiger partial charge in [0.05, 0.1) is 12.2 Å². The summed E-state index contributed by atoms with van der Waals surface area (Å²) in [4.78, 5) is 21.6. The number of rotatable bonds is 5. The van der Waals surface area contributed by atoms with Crippen molar-refractivity contribution in [3.05, 3.63) is 54.1 Å². The van der Waals surface area contributed by atoms with E-state index in [1.165, 1.54) is 0 Å². The molecule has 4 heterocycles. The van der Waals surface area contributed by atoms with Crippen molar-refractivity contribution in [3.63, 3.8) is 0 Å². The van der Waals surface area contributed by atoms with Crippen molar-refractivity contribution in [3.8, 4) is 22.6 Å². The minimum Gasteiger partial charge on any atom is -0.305 e. The largest absolute Gasteiger partial charge is 0.305 e. The van der Waals surface area contributed by atoms with Gasteiger partial charge in [0.25, 0.3) is 5.91 Å². The second-order valence-electron chi connectivity index (χ2n) is 7.19. The van der Waals surface area contributed by atoms with Crippen LogP contribution >= 0.6 is 0 Å². The van der Waals surface area contributed by atoms with Crippen LogP contribution in [-0.2, 0) is 7.05 Å². The van der Waals surface area contributed by atoms with Crippen molar-refractivity contribution in [2.24, 2.45) is 7.05 Å². The highest BCUT2D eigenvalue weighted by atomic mass is 16.1. The molecule has 1 N–H and O–H groups in total. The summed E-state index contributed by atoms with van der Waals surface area (Å²) >= 11 is 0. The van der Waals surface area contributed by atoms with Gasteiger partial charge in [-0.2, -0.15) is 5.10 Å².